The zero-order valence-electron chi connectivity index (χ0n) is 12.9. The van der Waals surface area contributed by atoms with E-state index in [-0.39, 0.29) is 24.1 Å². The van der Waals surface area contributed by atoms with Gasteiger partial charge in [0.1, 0.15) is 6.54 Å². The predicted octanol–water partition coefficient (Wildman–Crippen LogP) is 2.17. The minimum Gasteiger partial charge on any atom is -0.323 e. The molecule has 1 aromatic carbocycles. The number of amides is 2. The van der Waals surface area contributed by atoms with E-state index in [1.54, 1.807) is 6.07 Å². The zero-order valence-corrected chi connectivity index (χ0v) is 13.7. The molecule has 23 heavy (non-hydrogen) atoms. The van der Waals surface area contributed by atoms with Crippen molar-refractivity contribution in [2.75, 3.05) is 22.5 Å². The number of thioether (sulfide) groups is 1. The van der Waals surface area contributed by atoms with Crippen LogP contribution in [0.25, 0.3) is 0 Å². The molecule has 0 radical (unpaired) electrons. The Morgan fingerprint density at radius 1 is 1.26 bits per heavy atom. The van der Waals surface area contributed by atoms with Crippen molar-refractivity contribution in [3.63, 3.8) is 0 Å². The molecule has 1 N–H and O–H groups in total. The van der Waals surface area contributed by atoms with Crippen molar-refractivity contribution in [2.24, 2.45) is 0 Å². The Bertz CT molecular complexity index is 758. The van der Waals surface area contributed by atoms with E-state index in [9.17, 15) is 9.59 Å². The van der Waals surface area contributed by atoms with Crippen LogP contribution in [-0.2, 0) is 9.59 Å². The van der Waals surface area contributed by atoms with Gasteiger partial charge >= 0.3 is 0 Å². The van der Waals surface area contributed by atoms with Crippen LogP contribution < -0.4 is 10.2 Å². The van der Waals surface area contributed by atoms with Gasteiger partial charge in [0.25, 0.3) is 0 Å². The van der Waals surface area contributed by atoms with E-state index in [0.717, 1.165) is 17.1 Å². The summed E-state index contributed by atoms with van der Waals surface area (Å²) in [7, 11) is 0. The van der Waals surface area contributed by atoms with Gasteiger partial charge in [-0.1, -0.05) is 23.9 Å². The van der Waals surface area contributed by atoms with Gasteiger partial charge in [-0.05, 0) is 32.0 Å². The Hall–Kier alpha value is -2.41. The summed E-state index contributed by atoms with van der Waals surface area (Å²) in [4.78, 5) is 34.4. The maximum absolute atomic E-state index is 12.5. The van der Waals surface area contributed by atoms with Crippen molar-refractivity contribution in [1.82, 2.24) is 9.97 Å². The van der Waals surface area contributed by atoms with Gasteiger partial charge in [-0.2, -0.15) is 0 Å². The predicted molar refractivity (Wildman–Crippen MR) is 89.7 cm³/mol. The summed E-state index contributed by atoms with van der Waals surface area (Å²) < 4.78 is 0. The third kappa shape index (κ3) is 3.50. The molecule has 2 amide bonds. The Balaban J connectivity index is 1.75. The molecule has 1 aromatic heterocycles. The number of carbonyl (C=O) groups is 2. The molecule has 0 spiro atoms. The lowest BCUT2D eigenvalue weighted by Crippen LogP contribution is -2.43. The fraction of sp³-hybridized carbons (Fsp3) is 0.250. The van der Waals surface area contributed by atoms with Crippen LogP contribution in [0, 0.1) is 13.8 Å². The fourth-order valence-corrected chi connectivity index (χ4v) is 3.24. The largest absolute Gasteiger partial charge is 0.323 e. The molecule has 3 rings (SSSR count). The van der Waals surface area contributed by atoms with E-state index in [1.807, 2.05) is 38.1 Å². The molecular weight excluding hydrogens is 312 g/mol. The molecule has 1 aliphatic rings. The molecule has 1 aliphatic heterocycles. The summed E-state index contributed by atoms with van der Waals surface area (Å²) in [6.07, 6.45) is 0. The van der Waals surface area contributed by atoms with E-state index in [0.29, 0.717) is 10.8 Å². The summed E-state index contributed by atoms with van der Waals surface area (Å²) in [5.41, 5.74) is 3.12. The van der Waals surface area contributed by atoms with Gasteiger partial charge in [0.05, 0.1) is 17.1 Å². The second kappa shape index (κ2) is 6.37. The first-order valence-electron chi connectivity index (χ1n) is 7.17. The van der Waals surface area contributed by atoms with Crippen molar-refractivity contribution in [3.05, 3.63) is 41.7 Å². The van der Waals surface area contributed by atoms with E-state index in [2.05, 4.69) is 15.3 Å². The number of aryl methyl sites for hydroxylation is 2. The summed E-state index contributed by atoms with van der Waals surface area (Å²) in [6.45, 7) is 3.82. The van der Waals surface area contributed by atoms with Crippen LogP contribution >= 0.6 is 11.8 Å². The number of rotatable bonds is 3. The molecule has 0 fully saturated rings. The summed E-state index contributed by atoms with van der Waals surface area (Å²) >= 11 is 1.28. The van der Waals surface area contributed by atoms with Crippen molar-refractivity contribution in [2.45, 2.75) is 19.0 Å². The molecular formula is C16H16N4O2S. The Morgan fingerprint density at radius 2 is 1.96 bits per heavy atom. The zero-order chi connectivity index (χ0) is 16.4. The number of nitrogens with one attached hydrogen (secondary N) is 1. The van der Waals surface area contributed by atoms with Gasteiger partial charge < -0.3 is 10.2 Å². The normalized spacial score (nSPS) is 13.5. The van der Waals surface area contributed by atoms with Crippen LogP contribution in [0.15, 0.2) is 35.5 Å². The Kier molecular flexibility index (Phi) is 4.29. The highest BCUT2D eigenvalue weighted by Crippen LogP contribution is 2.29. The molecule has 2 aromatic rings. The molecule has 0 atom stereocenters. The molecule has 118 valence electrons. The number of anilines is 2. The van der Waals surface area contributed by atoms with Crippen LogP contribution in [0.1, 0.15) is 11.4 Å². The SMILES string of the molecule is Cc1cc(C)nc(SCC(=O)N2CC(=O)Nc3ccccc32)n1. The van der Waals surface area contributed by atoms with Gasteiger partial charge in [-0.25, -0.2) is 9.97 Å². The molecule has 6 nitrogen and oxygen atoms in total. The average Bonchev–Trinajstić information content (AvgIpc) is 2.51. The van der Waals surface area contributed by atoms with Gasteiger partial charge in [0.15, 0.2) is 5.16 Å². The standard InChI is InChI=1S/C16H16N4O2S/c1-10-7-11(2)18-16(17-10)23-9-15(22)20-8-14(21)19-12-5-3-4-6-13(12)20/h3-7H,8-9H2,1-2H3,(H,19,21). The second-order valence-electron chi connectivity index (χ2n) is 5.27. The number of hydrogen-bond acceptors (Lipinski definition) is 5. The molecule has 0 aliphatic carbocycles. The van der Waals surface area contributed by atoms with E-state index >= 15 is 0 Å². The van der Waals surface area contributed by atoms with Crippen LogP contribution in [0.5, 0.6) is 0 Å². The maximum Gasteiger partial charge on any atom is 0.244 e. The fourth-order valence-electron chi connectivity index (χ4n) is 2.42. The lowest BCUT2D eigenvalue weighted by molar-refractivity contribution is -0.120. The highest BCUT2D eigenvalue weighted by Gasteiger charge is 2.26. The van der Waals surface area contributed by atoms with Gasteiger partial charge in [0.2, 0.25) is 11.8 Å². The summed E-state index contributed by atoms with van der Waals surface area (Å²) in [5, 5.41) is 3.34. The second-order valence-corrected chi connectivity index (χ2v) is 6.21. The van der Waals surface area contributed by atoms with Gasteiger partial charge in [0, 0.05) is 11.4 Å². The van der Waals surface area contributed by atoms with Crippen molar-refractivity contribution >= 4 is 35.0 Å². The first-order valence-corrected chi connectivity index (χ1v) is 8.16. The Morgan fingerprint density at radius 3 is 2.70 bits per heavy atom. The third-order valence-corrected chi connectivity index (χ3v) is 4.19. The molecule has 7 heteroatoms. The number of benzene rings is 1. The van der Waals surface area contributed by atoms with Crippen molar-refractivity contribution in [1.29, 1.82) is 0 Å². The first kappa shape index (κ1) is 15.5. The lowest BCUT2D eigenvalue weighted by Gasteiger charge is -2.28. The minimum atomic E-state index is -0.190. The topological polar surface area (TPSA) is 75.2 Å². The maximum atomic E-state index is 12.5. The van der Waals surface area contributed by atoms with Crippen LogP contribution in [0.4, 0.5) is 11.4 Å². The van der Waals surface area contributed by atoms with Crippen LogP contribution in [-0.4, -0.2) is 34.1 Å². The van der Waals surface area contributed by atoms with Crippen LogP contribution in [0.3, 0.4) is 0 Å². The average molecular weight is 328 g/mol. The minimum absolute atomic E-state index is 0.0319. The highest BCUT2D eigenvalue weighted by molar-refractivity contribution is 7.99. The number of fused-ring (bicyclic) bond motifs is 1. The highest BCUT2D eigenvalue weighted by atomic mass is 32.2. The number of nitrogens with zero attached hydrogens (tertiary/aromatic N) is 3. The number of aromatic nitrogens is 2. The molecule has 0 saturated heterocycles. The first-order chi connectivity index (χ1) is 11.0. The smallest absolute Gasteiger partial charge is 0.244 e. The van der Waals surface area contributed by atoms with Gasteiger partial charge in [-0.3, -0.25) is 9.59 Å². The molecule has 0 saturated carbocycles. The van der Waals surface area contributed by atoms with E-state index in [1.165, 1.54) is 16.7 Å². The number of hydrogen-bond donors (Lipinski definition) is 1. The molecule has 2 heterocycles. The number of para-hydroxylation sites is 2. The Labute approximate surface area is 138 Å². The quantitative estimate of drug-likeness (QED) is 0.690. The van der Waals surface area contributed by atoms with E-state index in [4.69, 9.17) is 0 Å². The third-order valence-electron chi connectivity index (χ3n) is 3.36. The van der Waals surface area contributed by atoms with Crippen LogP contribution in [0.2, 0.25) is 0 Å². The monoisotopic (exact) mass is 328 g/mol. The van der Waals surface area contributed by atoms with Gasteiger partial charge in [-0.15, -0.1) is 0 Å². The summed E-state index contributed by atoms with van der Waals surface area (Å²) in [6, 6.07) is 9.16. The van der Waals surface area contributed by atoms with Crippen molar-refractivity contribution in [3.8, 4) is 0 Å². The number of carbonyl (C=O) groups excluding carboxylic acids is 2. The van der Waals surface area contributed by atoms with Crippen molar-refractivity contribution < 1.29 is 9.59 Å². The molecule has 0 unspecified atom stereocenters. The van der Waals surface area contributed by atoms with E-state index < -0.39 is 0 Å². The lowest BCUT2D eigenvalue weighted by atomic mass is 10.2. The summed E-state index contributed by atoms with van der Waals surface area (Å²) in [5.74, 6) is -0.144. The molecule has 0 bridgehead atoms.